The van der Waals surface area contributed by atoms with E-state index < -0.39 is 0 Å². The van der Waals surface area contributed by atoms with Crippen LogP contribution >= 0.6 is 11.8 Å². The van der Waals surface area contributed by atoms with Gasteiger partial charge in [0.1, 0.15) is 5.82 Å². The number of imidazole rings is 1. The molecule has 0 spiro atoms. The number of rotatable bonds is 10. The minimum atomic E-state index is -0.0292. The van der Waals surface area contributed by atoms with E-state index in [1.165, 1.54) is 0 Å². The molecule has 0 radical (unpaired) electrons. The Balaban J connectivity index is 1.24. The Bertz CT molecular complexity index is 1100. The molecule has 0 aliphatic carbocycles. The number of nitrogens with one attached hydrogen (secondary N) is 3. The van der Waals surface area contributed by atoms with E-state index in [0.717, 1.165) is 52.5 Å². The number of hydrogen-bond donors (Lipinski definition) is 3. The molecular weight excluding hydrogens is 406 g/mol. The molecule has 7 heteroatoms. The average Bonchev–Trinajstić information content (AvgIpc) is 3.24. The molecule has 4 aromatic rings. The molecule has 0 saturated carbocycles. The first-order valence-corrected chi connectivity index (χ1v) is 11.4. The fourth-order valence-corrected chi connectivity index (χ4v) is 4.13. The van der Waals surface area contributed by atoms with Crippen molar-refractivity contribution in [1.82, 2.24) is 20.3 Å². The number of pyridine rings is 1. The maximum atomic E-state index is 12.7. The number of amides is 1. The quantitative estimate of drug-likeness (QED) is 0.246. The Morgan fingerprint density at radius 3 is 2.61 bits per heavy atom. The van der Waals surface area contributed by atoms with E-state index in [4.69, 9.17) is 0 Å². The van der Waals surface area contributed by atoms with Crippen LogP contribution in [0.25, 0.3) is 11.0 Å². The zero-order valence-corrected chi connectivity index (χ0v) is 18.0. The Labute approximate surface area is 185 Å². The van der Waals surface area contributed by atoms with Crippen LogP contribution in [0.2, 0.25) is 0 Å². The van der Waals surface area contributed by atoms with Crippen LogP contribution in [0.5, 0.6) is 0 Å². The van der Waals surface area contributed by atoms with Gasteiger partial charge in [-0.2, -0.15) is 0 Å². The van der Waals surface area contributed by atoms with Gasteiger partial charge in [0.2, 0.25) is 0 Å². The zero-order chi connectivity index (χ0) is 21.3. The van der Waals surface area contributed by atoms with Gasteiger partial charge in [0.25, 0.3) is 5.91 Å². The molecular formula is C24H25N5OS. The second-order valence-electron chi connectivity index (χ2n) is 7.11. The number of aromatic nitrogens is 3. The third-order valence-electron chi connectivity index (χ3n) is 4.85. The number of unbranched alkanes of at least 4 members (excludes halogenated alkanes) is 1. The smallest absolute Gasteiger partial charge is 0.251 e. The molecule has 3 N–H and O–H groups in total. The van der Waals surface area contributed by atoms with E-state index in [-0.39, 0.29) is 5.91 Å². The Hall–Kier alpha value is -3.32. The number of aromatic amines is 1. The molecule has 0 unspecified atom stereocenters. The van der Waals surface area contributed by atoms with Gasteiger partial charge in [-0.25, -0.2) is 9.97 Å². The highest BCUT2D eigenvalue weighted by molar-refractivity contribution is 7.98. The Morgan fingerprint density at radius 1 is 0.935 bits per heavy atom. The average molecular weight is 432 g/mol. The lowest BCUT2D eigenvalue weighted by Gasteiger charge is -2.10. The molecule has 0 fully saturated rings. The molecule has 4 rings (SSSR count). The summed E-state index contributed by atoms with van der Waals surface area (Å²) in [5.74, 6) is 1.53. The third kappa shape index (κ3) is 5.86. The second kappa shape index (κ2) is 10.6. The van der Waals surface area contributed by atoms with Crippen LogP contribution in [-0.4, -0.2) is 33.9 Å². The van der Waals surface area contributed by atoms with Crippen molar-refractivity contribution in [2.24, 2.45) is 0 Å². The number of nitrogens with zero attached hydrogens (tertiary/aromatic N) is 2. The van der Waals surface area contributed by atoms with Crippen LogP contribution in [0.1, 0.15) is 28.8 Å². The van der Waals surface area contributed by atoms with Crippen LogP contribution in [0.4, 0.5) is 5.82 Å². The highest BCUT2D eigenvalue weighted by atomic mass is 32.2. The van der Waals surface area contributed by atoms with Crippen LogP contribution in [0.3, 0.4) is 0 Å². The topological polar surface area (TPSA) is 82.7 Å². The number of hydrogen-bond acceptors (Lipinski definition) is 5. The van der Waals surface area contributed by atoms with Gasteiger partial charge in [-0.15, -0.1) is 0 Å². The molecule has 2 aromatic carbocycles. The Kier molecular flexibility index (Phi) is 7.18. The minimum absolute atomic E-state index is 0.0292. The molecule has 0 bridgehead atoms. The molecule has 2 aromatic heterocycles. The normalized spacial score (nSPS) is 10.8. The molecule has 158 valence electrons. The van der Waals surface area contributed by atoms with Crippen molar-refractivity contribution >= 4 is 34.5 Å². The van der Waals surface area contributed by atoms with Crippen molar-refractivity contribution in [3.8, 4) is 0 Å². The SMILES string of the molecule is O=C(NCCCCNc1ccccn1)c1ccccc1CSc1nc2ccccc2[nH]1. The number of para-hydroxylation sites is 2. The molecule has 0 atom stereocenters. The van der Waals surface area contributed by atoms with Crippen molar-refractivity contribution in [3.05, 3.63) is 84.1 Å². The number of fused-ring (bicyclic) bond motifs is 1. The van der Waals surface area contributed by atoms with Gasteiger partial charge in [0.05, 0.1) is 11.0 Å². The lowest BCUT2D eigenvalue weighted by molar-refractivity contribution is 0.0952. The fourth-order valence-electron chi connectivity index (χ4n) is 3.24. The number of H-pyrrole nitrogens is 1. The van der Waals surface area contributed by atoms with Gasteiger partial charge in [0, 0.05) is 30.6 Å². The number of anilines is 1. The lowest BCUT2D eigenvalue weighted by Crippen LogP contribution is -2.25. The van der Waals surface area contributed by atoms with Crippen molar-refractivity contribution in [1.29, 1.82) is 0 Å². The number of benzene rings is 2. The number of thioether (sulfide) groups is 1. The summed E-state index contributed by atoms with van der Waals surface area (Å²) in [4.78, 5) is 24.9. The van der Waals surface area contributed by atoms with Gasteiger partial charge in [-0.1, -0.05) is 48.2 Å². The third-order valence-corrected chi connectivity index (χ3v) is 5.78. The monoisotopic (exact) mass is 431 g/mol. The Morgan fingerprint density at radius 2 is 1.74 bits per heavy atom. The van der Waals surface area contributed by atoms with E-state index in [2.05, 4.69) is 25.6 Å². The first kappa shape index (κ1) is 20.9. The maximum Gasteiger partial charge on any atom is 0.251 e. The van der Waals surface area contributed by atoms with E-state index >= 15 is 0 Å². The van der Waals surface area contributed by atoms with E-state index in [9.17, 15) is 4.79 Å². The molecule has 0 saturated heterocycles. The van der Waals surface area contributed by atoms with E-state index in [1.807, 2.05) is 66.7 Å². The van der Waals surface area contributed by atoms with Crippen LogP contribution in [0, 0.1) is 0 Å². The second-order valence-corrected chi connectivity index (χ2v) is 8.07. The molecule has 31 heavy (non-hydrogen) atoms. The van der Waals surface area contributed by atoms with Gasteiger partial charge < -0.3 is 15.6 Å². The zero-order valence-electron chi connectivity index (χ0n) is 17.2. The summed E-state index contributed by atoms with van der Waals surface area (Å²) in [5.41, 5.74) is 3.70. The summed E-state index contributed by atoms with van der Waals surface area (Å²) >= 11 is 1.60. The summed E-state index contributed by atoms with van der Waals surface area (Å²) in [6.45, 7) is 1.48. The highest BCUT2D eigenvalue weighted by Crippen LogP contribution is 2.24. The van der Waals surface area contributed by atoms with Crippen LogP contribution in [-0.2, 0) is 5.75 Å². The highest BCUT2D eigenvalue weighted by Gasteiger charge is 2.11. The van der Waals surface area contributed by atoms with E-state index in [1.54, 1.807) is 18.0 Å². The summed E-state index contributed by atoms with van der Waals surface area (Å²) in [6.07, 6.45) is 3.63. The van der Waals surface area contributed by atoms with Gasteiger partial charge >= 0.3 is 0 Å². The first-order chi connectivity index (χ1) is 15.3. The fraction of sp³-hybridized carbons (Fsp3) is 0.208. The standard InChI is InChI=1S/C24H25N5OS/c30-23(27-16-8-7-15-26-22-13-5-6-14-25-22)19-10-2-1-9-18(19)17-31-24-28-20-11-3-4-12-21(20)29-24/h1-6,9-14H,7-8,15-17H2,(H,25,26)(H,27,30)(H,28,29). The molecule has 6 nitrogen and oxygen atoms in total. The molecule has 2 heterocycles. The molecule has 1 amide bonds. The largest absolute Gasteiger partial charge is 0.370 e. The van der Waals surface area contributed by atoms with Crippen molar-refractivity contribution in [3.63, 3.8) is 0 Å². The minimum Gasteiger partial charge on any atom is -0.370 e. The first-order valence-electron chi connectivity index (χ1n) is 10.4. The summed E-state index contributed by atoms with van der Waals surface area (Å²) in [5, 5.41) is 7.18. The predicted octanol–water partition coefficient (Wildman–Crippen LogP) is 4.87. The number of carbonyl (C=O) groups is 1. The van der Waals surface area contributed by atoms with Crippen molar-refractivity contribution in [2.75, 3.05) is 18.4 Å². The van der Waals surface area contributed by atoms with Gasteiger partial charge in [-0.3, -0.25) is 4.79 Å². The predicted molar refractivity (Wildman–Crippen MR) is 126 cm³/mol. The lowest BCUT2D eigenvalue weighted by atomic mass is 10.1. The van der Waals surface area contributed by atoms with Crippen LogP contribution < -0.4 is 10.6 Å². The van der Waals surface area contributed by atoms with Gasteiger partial charge in [-0.05, 0) is 48.7 Å². The maximum absolute atomic E-state index is 12.7. The number of carbonyl (C=O) groups excluding carboxylic acids is 1. The van der Waals surface area contributed by atoms with Crippen molar-refractivity contribution in [2.45, 2.75) is 23.8 Å². The van der Waals surface area contributed by atoms with E-state index in [0.29, 0.717) is 12.3 Å². The summed E-state index contributed by atoms with van der Waals surface area (Å²) < 4.78 is 0. The summed E-state index contributed by atoms with van der Waals surface area (Å²) in [7, 11) is 0. The molecule has 0 aliphatic rings. The summed E-state index contributed by atoms with van der Waals surface area (Å²) in [6, 6.07) is 21.5. The van der Waals surface area contributed by atoms with Crippen molar-refractivity contribution < 1.29 is 4.79 Å². The van der Waals surface area contributed by atoms with Gasteiger partial charge in [0.15, 0.2) is 5.16 Å². The van der Waals surface area contributed by atoms with Crippen LogP contribution in [0.15, 0.2) is 78.1 Å². The molecule has 0 aliphatic heterocycles.